The number of carboxylic acid groups (broad SMARTS) is 1. The van der Waals surface area contributed by atoms with E-state index in [1.807, 2.05) is 0 Å². The summed E-state index contributed by atoms with van der Waals surface area (Å²) in [4.78, 5) is 9.96. The number of rotatable bonds is 3. The molecule has 0 aromatic heterocycles. The summed E-state index contributed by atoms with van der Waals surface area (Å²) in [6.07, 6.45) is -5.26. The van der Waals surface area contributed by atoms with Gasteiger partial charge in [-0.3, -0.25) is 4.79 Å². The van der Waals surface area contributed by atoms with Gasteiger partial charge in [0.2, 0.25) is 0 Å². The zero-order valence-electron chi connectivity index (χ0n) is 5.56. The Morgan fingerprint density at radius 3 is 2.09 bits per heavy atom. The van der Waals surface area contributed by atoms with Gasteiger partial charge in [-0.15, -0.1) is 0 Å². The second-order valence-corrected chi connectivity index (χ2v) is 2.01. The molecule has 0 fully saturated rings. The normalized spacial score (nSPS) is 14.5. The number of carboxylic acids is 1. The molecule has 0 aromatic carbocycles. The highest BCUT2D eigenvalue weighted by atomic mass is 19.4. The maximum Gasteiger partial charge on any atom is 0.402 e. The topological polar surface area (TPSA) is 63.3 Å². The van der Waals surface area contributed by atoms with E-state index in [-0.39, 0.29) is 6.54 Å². The minimum atomic E-state index is -4.69. The van der Waals surface area contributed by atoms with Gasteiger partial charge in [0.05, 0.1) is 0 Å². The summed E-state index contributed by atoms with van der Waals surface area (Å²) in [6.45, 7) is -0.281. The molecule has 0 spiro atoms. The Hall–Kier alpha value is -0.780. The number of nitrogens with two attached hydrogens (primary N) is 1. The Morgan fingerprint density at radius 2 is 2.00 bits per heavy atom. The lowest BCUT2D eigenvalue weighted by molar-refractivity contribution is -0.194. The van der Waals surface area contributed by atoms with Crippen LogP contribution in [-0.4, -0.2) is 23.8 Å². The van der Waals surface area contributed by atoms with Crippen LogP contribution in [0.25, 0.3) is 0 Å². The third-order valence-electron chi connectivity index (χ3n) is 1.15. The van der Waals surface area contributed by atoms with Gasteiger partial charge in [0.25, 0.3) is 0 Å². The van der Waals surface area contributed by atoms with Gasteiger partial charge in [0.15, 0.2) is 5.92 Å². The highest BCUT2D eigenvalue weighted by molar-refractivity contribution is 5.70. The van der Waals surface area contributed by atoms with Gasteiger partial charge in [0, 0.05) is 0 Å². The molecule has 0 rings (SSSR count). The van der Waals surface area contributed by atoms with Crippen LogP contribution in [-0.2, 0) is 4.79 Å². The summed E-state index contributed by atoms with van der Waals surface area (Å²) < 4.78 is 35.2. The maximum absolute atomic E-state index is 11.7. The number of alkyl halides is 3. The Balaban J connectivity index is 4.22. The third kappa shape index (κ3) is 3.22. The SMILES string of the molecule is NCCC(C(=O)O)C(F)(F)F. The monoisotopic (exact) mass is 171 g/mol. The van der Waals surface area contributed by atoms with E-state index in [1.165, 1.54) is 0 Å². The molecule has 0 bridgehead atoms. The lowest BCUT2D eigenvalue weighted by Gasteiger charge is -2.14. The van der Waals surface area contributed by atoms with Crippen molar-refractivity contribution in [2.24, 2.45) is 11.7 Å². The molecule has 0 heterocycles. The van der Waals surface area contributed by atoms with E-state index < -0.39 is 24.5 Å². The van der Waals surface area contributed by atoms with Crippen LogP contribution < -0.4 is 5.73 Å². The molecule has 0 saturated carbocycles. The van der Waals surface area contributed by atoms with E-state index in [0.717, 1.165) is 0 Å². The lowest BCUT2D eigenvalue weighted by atomic mass is 10.1. The molecular formula is C5H8F3NO2. The van der Waals surface area contributed by atoms with Crippen LogP contribution in [0.2, 0.25) is 0 Å². The van der Waals surface area contributed by atoms with Crippen molar-refractivity contribution in [3.05, 3.63) is 0 Å². The van der Waals surface area contributed by atoms with Crippen molar-refractivity contribution in [2.75, 3.05) is 6.54 Å². The summed E-state index contributed by atoms with van der Waals surface area (Å²) in [7, 11) is 0. The first-order valence-corrected chi connectivity index (χ1v) is 2.89. The molecule has 0 aliphatic rings. The quantitative estimate of drug-likeness (QED) is 0.653. The van der Waals surface area contributed by atoms with Crippen LogP contribution in [0.15, 0.2) is 0 Å². The summed E-state index contributed by atoms with van der Waals surface area (Å²) in [5.74, 6) is -4.20. The molecule has 0 saturated heterocycles. The Morgan fingerprint density at radius 1 is 1.55 bits per heavy atom. The molecule has 1 unspecified atom stereocenters. The van der Waals surface area contributed by atoms with Gasteiger partial charge in [-0.2, -0.15) is 13.2 Å². The number of carbonyl (C=O) groups is 1. The van der Waals surface area contributed by atoms with Gasteiger partial charge in [-0.1, -0.05) is 0 Å². The molecule has 0 amide bonds. The Bertz CT molecular complexity index is 145. The summed E-state index contributed by atoms with van der Waals surface area (Å²) in [5, 5.41) is 8.06. The van der Waals surface area contributed by atoms with Gasteiger partial charge in [-0.25, -0.2) is 0 Å². The molecule has 66 valence electrons. The Kier molecular flexibility index (Phi) is 3.31. The number of halogens is 3. The first-order valence-electron chi connectivity index (χ1n) is 2.89. The van der Waals surface area contributed by atoms with E-state index in [9.17, 15) is 18.0 Å². The second-order valence-electron chi connectivity index (χ2n) is 2.01. The smallest absolute Gasteiger partial charge is 0.402 e. The van der Waals surface area contributed by atoms with Crippen LogP contribution in [0.5, 0.6) is 0 Å². The van der Waals surface area contributed by atoms with Crippen LogP contribution in [0.4, 0.5) is 13.2 Å². The average Bonchev–Trinajstić information content (AvgIpc) is 1.79. The molecule has 11 heavy (non-hydrogen) atoms. The van der Waals surface area contributed by atoms with E-state index >= 15 is 0 Å². The average molecular weight is 171 g/mol. The maximum atomic E-state index is 11.7. The lowest BCUT2D eigenvalue weighted by Crippen LogP contribution is -2.32. The zero-order chi connectivity index (χ0) is 9.07. The molecule has 0 aliphatic heterocycles. The van der Waals surface area contributed by atoms with Gasteiger partial charge in [0.1, 0.15) is 0 Å². The van der Waals surface area contributed by atoms with Gasteiger partial charge >= 0.3 is 12.1 Å². The van der Waals surface area contributed by atoms with Crippen molar-refractivity contribution in [3.63, 3.8) is 0 Å². The number of aliphatic carboxylic acids is 1. The fraction of sp³-hybridized carbons (Fsp3) is 0.800. The second kappa shape index (κ2) is 3.56. The van der Waals surface area contributed by atoms with E-state index in [4.69, 9.17) is 10.8 Å². The van der Waals surface area contributed by atoms with Gasteiger partial charge < -0.3 is 10.8 Å². The van der Waals surface area contributed by atoms with Crippen molar-refractivity contribution in [1.29, 1.82) is 0 Å². The molecule has 0 radical (unpaired) electrons. The highest BCUT2D eigenvalue weighted by Crippen LogP contribution is 2.28. The molecule has 0 aromatic rings. The summed E-state index contributed by atoms with van der Waals surface area (Å²) in [5.41, 5.74) is 4.80. The molecule has 3 N–H and O–H groups in total. The van der Waals surface area contributed by atoms with Crippen LogP contribution in [0.3, 0.4) is 0 Å². The highest BCUT2D eigenvalue weighted by Gasteiger charge is 2.44. The van der Waals surface area contributed by atoms with Crippen LogP contribution in [0.1, 0.15) is 6.42 Å². The number of hydrogen-bond acceptors (Lipinski definition) is 2. The van der Waals surface area contributed by atoms with Crippen molar-refractivity contribution in [3.8, 4) is 0 Å². The fourth-order valence-electron chi connectivity index (χ4n) is 0.594. The third-order valence-corrected chi connectivity index (χ3v) is 1.15. The van der Waals surface area contributed by atoms with E-state index in [1.54, 1.807) is 0 Å². The van der Waals surface area contributed by atoms with E-state index in [0.29, 0.717) is 0 Å². The van der Waals surface area contributed by atoms with Crippen molar-refractivity contribution in [2.45, 2.75) is 12.6 Å². The molecule has 0 aliphatic carbocycles. The molecule has 3 nitrogen and oxygen atoms in total. The molecule has 6 heteroatoms. The van der Waals surface area contributed by atoms with Crippen LogP contribution in [0, 0.1) is 5.92 Å². The largest absolute Gasteiger partial charge is 0.481 e. The van der Waals surface area contributed by atoms with Crippen molar-refractivity contribution in [1.82, 2.24) is 0 Å². The first-order chi connectivity index (χ1) is 4.89. The number of hydrogen-bond donors (Lipinski definition) is 2. The predicted octanol–water partition coefficient (Wildman–Crippen LogP) is 0.598. The van der Waals surface area contributed by atoms with Crippen molar-refractivity contribution < 1.29 is 23.1 Å². The van der Waals surface area contributed by atoms with Gasteiger partial charge in [-0.05, 0) is 13.0 Å². The molecule has 1 atom stereocenters. The Labute approximate surface area is 61.0 Å². The standard InChI is InChI=1S/C5H8F3NO2/c6-5(7,8)3(1-2-9)4(10)11/h3H,1-2,9H2,(H,10,11). The minimum absolute atomic E-state index is 0.281. The minimum Gasteiger partial charge on any atom is -0.481 e. The summed E-state index contributed by atoms with van der Waals surface area (Å²) in [6, 6.07) is 0. The summed E-state index contributed by atoms with van der Waals surface area (Å²) >= 11 is 0. The van der Waals surface area contributed by atoms with Crippen LogP contribution >= 0.6 is 0 Å². The predicted molar refractivity (Wildman–Crippen MR) is 30.9 cm³/mol. The van der Waals surface area contributed by atoms with E-state index in [2.05, 4.69) is 0 Å². The first kappa shape index (κ1) is 10.2. The fourth-order valence-corrected chi connectivity index (χ4v) is 0.594. The van der Waals surface area contributed by atoms with Crippen molar-refractivity contribution >= 4 is 5.97 Å². The molecular weight excluding hydrogens is 163 g/mol. The zero-order valence-corrected chi connectivity index (χ0v) is 5.56.